The zero-order chi connectivity index (χ0) is 17.6. The number of halogens is 1. The van der Waals surface area contributed by atoms with Crippen molar-refractivity contribution in [3.05, 3.63) is 89.7 Å². The van der Waals surface area contributed by atoms with Crippen molar-refractivity contribution in [3.8, 4) is 5.75 Å². The largest absolute Gasteiger partial charge is 0.489 e. The average Bonchev–Trinajstić information content (AvgIpc) is 2.61. The highest BCUT2D eigenvalue weighted by molar-refractivity contribution is 5.95. The van der Waals surface area contributed by atoms with Crippen LogP contribution in [0.15, 0.2) is 72.8 Å². The molecule has 0 aliphatic heterocycles. The molecular weight excluding hydrogens is 321 g/mol. The Labute approximate surface area is 144 Å². The highest BCUT2D eigenvalue weighted by Gasteiger charge is 2.11. The van der Waals surface area contributed by atoms with Crippen molar-refractivity contribution in [2.45, 2.75) is 6.61 Å². The number of anilines is 2. The molecule has 126 valence electrons. The number of carbonyl (C=O) groups is 1. The summed E-state index contributed by atoms with van der Waals surface area (Å²) in [5.41, 5.74) is 1.84. The van der Waals surface area contributed by atoms with Crippen LogP contribution in [0.2, 0.25) is 0 Å². The predicted octanol–water partition coefficient (Wildman–Crippen LogP) is 4.85. The molecule has 0 aliphatic rings. The summed E-state index contributed by atoms with van der Waals surface area (Å²) in [5.74, 6) is -1.01. The van der Waals surface area contributed by atoms with Crippen molar-refractivity contribution in [3.63, 3.8) is 0 Å². The van der Waals surface area contributed by atoms with Gasteiger partial charge in [0.15, 0.2) is 0 Å². The maximum Gasteiger partial charge on any atom is 0.337 e. The molecule has 5 heteroatoms. The molecule has 4 nitrogen and oxygen atoms in total. The van der Waals surface area contributed by atoms with Crippen LogP contribution in [0, 0.1) is 5.82 Å². The minimum absolute atomic E-state index is 0.00277. The van der Waals surface area contributed by atoms with E-state index in [0.717, 1.165) is 17.7 Å². The normalized spacial score (nSPS) is 10.3. The van der Waals surface area contributed by atoms with Gasteiger partial charge < -0.3 is 15.2 Å². The van der Waals surface area contributed by atoms with E-state index in [1.165, 1.54) is 6.07 Å². The second-order valence-corrected chi connectivity index (χ2v) is 5.42. The van der Waals surface area contributed by atoms with E-state index >= 15 is 0 Å². The fourth-order valence-corrected chi connectivity index (χ4v) is 2.37. The number of ether oxygens (including phenoxy) is 1. The lowest BCUT2D eigenvalue weighted by atomic mass is 10.1. The minimum Gasteiger partial charge on any atom is -0.489 e. The summed E-state index contributed by atoms with van der Waals surface area (Å²) in [6, 6.07) is 20.3. The SMILES string of the molecule is O=C(O)c1ccc(F)cc1Nc1cccc(OCc2ccccc2)c1. The first-order chi connectivity index (χ1) is 12.1. The van der Waals surface area contributed by atoms with Crippen molar-refractivity contribution >= 4 is 17.3 Å². The average molecular weight is 337 g/mol. The van der Waals surface area contributed by atoms with Gasteiger partial charge in [0.1, 0.15) is 18.2 Å². The Kier molecular flexibility index (Phi) is 4.95. The van der Waals surface area contributed by atoms with Crippen molar-refractivity contribution < 1.29 is 19.0 Å². The quantitative estimate of drug-likeness (QED) is 0.675. The van der Waals surface area contributed by atoms with Crippen molar-refractivity contribution in [2.24, 2.45) is 0 Å². The Morgan fingerprint density at radius 1 is 1.00 bits per heavy atom. The molecule has 0 aliphatic carbocycles. The number of benzene rings is 3. The fourth-order valence-electron chi connectivity index (χ4n) is 2.37. The molecule has 25 heavy (non-hydrogen) atoms. The van der Waals surface area contributed by atoms with Crippen LogP contribution in [-0.4, -0.2) is 11.1 Å². The first-order valence-electron chi connectivity index (χ1n) is 7.68. The molecule has 0 aromatic heterocycles. The molecule has 0 radical (unpaired) electrons. The molecular formula is C20H16FNO3. The second-order valence-electron chi connectivity index (χ2n) is 5.42. The van der Waals surface area contributed by atoms with Gasteiger partial charge in [-0.15, -0.1) is 0 Å². The van der Waals surface area contributed by atoms with Crippen LogP contribution in [-0.2, 0) is 6.61 Å². The van der Waals surface area contributed by atoms with Crippen LogP contribution in [0.25, 0.3) is 0 Å². The molecule has 0 spiro atoms. The number of carboxylic acids is 1. The van der Waals surface area contributed by atoms with Gasteiger partial charge in [-0.1, -0.05) is 36.4 Å². The van der Waals surface area contributed by atoms with Gasteiger partial charge in [-0.2, -0.15) is 0 Å². The van der Waals surface area contributed by atoms with Crippen LogP contribution in [0.5, 0.6) is 5.75 Å². The summed E-state index contributed by atoms with van der Waals surface area (Å²) >= 11 is 0. The van der Waals surface area contributed by atoms with Gasteiger partial charge in [0.2, 0.25) is 0 Å². The minimum atomic E-state index is -1.13. The van der Waals surface area contributed by atoms with Gasteiger partial charge >= 0.3 is 5.97 Å². The smallest absolute Gasteiger partial charge is 0.337 e. The Morgan fingerprint density at radius 3 is 2.56 bits per heavy atom. The maximum absolute atomic E-state index is 13.4. The Morgan fingerprint density at radius 2 is 1.80 bits per heavy atom. The molecule has 0 bridgehead atoms. The summed E-state index contributed by atoms with van der Waals surface area (Å²) in [6.45, 7) is 0.421. The molecule has 3 aromatic rings. The van der Waals surface area contributed by atoms with Gasteiger partial charge in [0, 0.05) is 11.8 Å². The maximum atomic E-state index is 13.4. The summed E-state index contributed by atoms with van der Waals surface area (Å²) < 4.78 is 19.2. The van der Waals surface area contributed by atoms with E-state index in [2.05, 4.69) is 5.32 Å². The van der Waals surface area contributed by atoms with Crippen LogP contribution in [0.4, 0.5) is 15.8 Å². The van der Waals surface area contributed by atoms with Crippen LogP contribution in [0.1, 0.15) is 15.9 Å². The number of aromatic carboxylic acids is 1. The lowest BCUT2D eigenvalue weighted by Gasteiger charge is -2.12. The molecule has 0 atom stereocenters. The molecule has 0 heterocycles. The number of hydrogen-bond donors (Lipinski definition) is 2. The lowest BCUT2D eigenvalue weighted by molar-refractivity contribution is 0.0698. The van der Waals surface area contributed by atoms with Crippen LogP contribution < -0.4 is 10.1 Å². The second kappa shape index (κ2) is 7.49. The monoisotopic (exact) mass is 337 g/mol. The number of nitrogens with one attached hydrogen (secondary N) is 1. The van der Waals surface area contributed by atoms with E-state index in [-0.39, 0.29) is 11.3 Å². The number of carboxylic acid groups (broad SMARTS) is 1. The van der Waals surface area contributed by atoms with Gasteiger partial charge in [-0.05, 0) is 35.9 Å². The summed E-state index contributed by atoms with van der Waals surface area (Å²) in [4.78, 5) is 11.3. The van der Waals surface area contributed by atoms with Crippen molar-refractivity contribution in [2.75, 3.05) is 5.32 Å². The van der Waals surface area contributed by atoms with E-state index in [1.807, 2.05) is 30.3 Å². The summed E-state index contributed by atoms with van der Waals surface area (Å²) in [7, 11) is 0. The van der Waals surface area contributed by atoms with E-state index in [4.69, 9.17) is 4.74 Å². The number of rotatable bonds is 6. The molecule has 0 saturated heterocycles. The highest BCUT2D eigenvalue weighted by Crippen LogP contribution is 2.25. The van der Waals surface area contributed by atoms with Crippen LogP contribution in [0.3, 0.4) is 0 Å². The standard InChI is InChI=1S/C20H16FNO3/c21-15-9-10-18(20(23)24)19(11-15)22-16-7-4-8-17(12-16)25-13-14-5-2-1-3-6-14/h1-12,22H,13H2,(H,23,24). The predicted molar refractivity (Wildman–Crippen MR) is 93.9 cm³/mol. The molecule has 0 saturated carbocycles. The highest BCUT2D eigenvalue weighted by atomic mass is 19.1. The molecule has 0 amide bonds. The zero-order valence-electron chi connectivity index (χ0n) is 13.3. The van der Waals surface area contributed by atoms with E-state index in [0.29, 0.717) is 18.0 Å². The first kappa shape index (κ1) is 16.5. The van der Waals surface area contributed by atoms with Crippen molar-refractivity contribution in [1.82, 2.24) is 0 Å². The molecule has 3 aromatic carbocycles. The van der Waals surface area contributed by atoms with Gasteiger partial charge in [0.05, 0.1) is 11.3 Å². The van der Waals surface area contributed by atoms with Gasteiger partial charge in [-0.25, -0.2) is 9.18 Å². The Hall–Kier alpha value is -3.34. The van der Waals surface area contributed by atoms with Crippen LogP contribution >= 0.6 is 0 Å². The molecule has 0 fully saturated rings. The Balaban J connectivity index is 1.76. The fraction of sp³-hybridized carbons (Fsp3) is 0.0500. The molecule has 0 unspecified atom stereocenters. The van der Waals surface area contributed by atoms with E-state index in [1.54, 1.807) is 24.3 Å². The third-order valence-corrected chi connectivity index (χ3v) is 3.57. The van der Waals surface area contributed by atoms with Gasteiger partial charge in [-0.3, -0.25) is 0 Å². The topological polar surface area (TPSA) is 58.6 Å². The van der Waals surface area contributed by atoms with E-state index in [9.17, 15) is 14.3 Å². The third kappa shape index (κ3) is 4.35. The summed E-state index contributed by atoms with van der Waals surface area (Å²) in [5, 5.41) is 12.1. The van der Waals surface area contributed by atoms with Gasteiger partial charge in [0.25, 0.3) is 0 Å². The summed E-state index contributed by atoms with van der Waals surface area (Å²) in [6.07, 6.45) is 0. The first-order valence-corrected chi connectivity index (χ1v) is 7.68. The molecule has 2 N–H and O–H groups in total. The van der Waals surface area contributed by atoms with E-state index < -0.39 is 11.8 Å². The third-order valence-electron chi connectivity index (χ3n) is 3.57. The number of hydrogen-bond acceptors (Lipinski definition) is 3. The molecule has 3 rings (SSSR count). The van der Waals surface area contributed by atoms with Crippen molar-refractivity contribution in [1.29, 1.82) is 0 Å². The zero-order valence-corrected chi connectivity index (χ0v) is 13.3. The lowest BCUT2D eigenvalue weighted by Crippen LogP contribution is -2.03. The Bertz CT molecular complexity index is 881.